The van der Waals surface area contributed by atoms with Crippen molar-refractivity contribution in [2.45, 2.75) is 57.2 Å². The molecule has 0 bridgehead atoms. The van der Waals surface area contributed by atoms with Crippen LogP contribution in [0, 0.1) is 0 Å². The van der Waals surface area contributed by atoms with Gasteiger partial charge in [-0.2, -0.15) is 0 Å². The first-order chi connectivity index (χ1) is 8.58. The molecule has 0 spiro atoms. The molecule has 3 rings (SSSR count). The number of β-amino-alcohol motifs (C(OH)–C–C–N with tert-alkyl or cyclic N) is 1. The molecule has 1 N–H and O–H groups in total. The molecule has 0 amide bonds. The van der Waals surface area contributed by atoms with Gasteiger partial charge >= 0.3 is 0 Å². The highest BCUT2D eigenvalue weighted by Gasteiger charge is 2.43. The molecule has 1 aliphatic heterocycles. The molecule has 1 unspecified atom stereocenters. The molecule has 0 aromatic carbocycles. The van der Waals surface area contributed by atoms with Crippen molar-refractivity contribution in [1.82, 2.24) is 19.9 Å². The summed E-state index contributed by atoms with van der Waals surface area (Å²) >= 11 is 0. The summed E-state index contributed by atoms with van der Waals surface area (Å²) in [7, 11) is 0. The van der Waals surface area contributed by atoms with Crippen LogP contribution in [0.1, 0.15) is 51.3 Å². The third-order valence-corrected chi connectivity index (χ3v) is 4.38. The van der Waals surface area contributed by atoms with E-state index in [9.17, 15) is 5.11 Å². The van der Waals surface area contributed by atoms with Gasteiger partial charge in [0.1, 0.15) is 11.3 Å². The SMILES string of the molecule is CC(C)n1cc(C2(O)CCN(C3CCC3)C2)nn1. The second-order valence-electron chi connectivity index (χ2n) is 6.01. The third kappa shape index (κ3) is 1.95. The Bertz CT molecular complexity index is 426. The lowest BCUT2D eigenvalue weighted by atomic mass is 9.91. The molecule has 5 heteroatoms. The van der Waals surface area contributed by atoms with E-state index < -0.39 is 5.60 Å². The number of nitrogens with zero attached hydrogens (tertiary/aromatic N) is 4. The highest BCUT2D eigenvalue weighted by atomic mass is 16.3. The summed E-state index contributed by atoms with van der Waals surface area (Å²) in [6.45, 7) is 5.83. The third-order valence-electron chi connectivity index (χ3n) is 4.38. The molecule has 1 aromatic rings. The minimum atomic E-state index is -0.789. The predicted molar refractivity (Wildman–Crippen MR) is 68.1 cm³/mol. The van der Waals surface area contributed by atoms with Crippen LogP contribution in [-0.2, 0) is 5.60 Å². The number of rotatable bonds is 3. The number of likely N-dealkylation sites (tertiary alicyclic amines) is 1. The van der Waals surface area contributed by atoms with E-state index in [2.05, 4.69) is 29.1 Å². The first-order valence-electron chi connectivity index (χ1n) is 6.97. The zero-order valence-electron chi connectivity index (χ0n) is 11.2. The molecule has 1 saturated carbocycles. The van der Waals surface area contributed by atoms with E-state index >= 15 is 0 Å². The second kappa shape index (κ2) is 4.31. The molecule has 0 radical (unpaired) electrons. The van der Waals surface area contributed by atoms with Crippen molar-refractivity contribution in [3.05, 3.63) is 11.9 Å². The van der Waals surface area contributed by atoms with E-state index in [1.54, 1.807) is 0 Å². The van der Waals surface area contributed by atoms with Crippen LogP contribution in [0.2, 0.25) is 0 Å². The topological polar surface area (TPSA) is 54.2 Å². The largest absolute Gasteiger partial charge is 0.382 e. The van der Waals surface area contributed by atoms with Gasteiger partial charge in [0.05, 0.1) is 6.20 Å². The van der Waals surface area contributed by atoms with Crippen LogP contribution < -0.4 is 0 Å². The lowest BCUT2D eigenvalue weighted by Crippen LogP contribution is -2.41. The number of aliphatic hydroxyl groups is 1. The van der Waals surface area contributed by atoms with Crippen molar-refractivity contribution in [3.63, 3.8) is 0 Å². The zero-order chi connectivity index (χ0) is 12.8. The monoisotopic (exact) mass is 250 g/mol. The van der Waals surface area contributed by atoms with Crippen LogP contribution in [0.5, 0.6) is 0 Å². The molecular formula is C13H22N4O. The van der Waals surface area contributed by atoms with Crippen molar-refractivity contribution < 1.29 is 5.11 Å². The van der Waals surface area contributed by atoms with Gasteiger partial charge < -0.3 is 5.11 Å². The lowest BCUT2D eigenvalue weighted by molar-refractivity contribution is 0.0292. The molecule has 2 aliphatic rings. The summed E-state index contributed by atoms with van der Waals surface area (Å²) in [6.07, 6.45) is 6.59. The highest BCUT2D eigenvalue weighted by Crippen LogP contribution is 2.36. The Morgan fingerprint density at radius 3 is 2.78 bits per heavy atom. The van der Waals surface area contributed by atoms with E-state index in [1.165, 1.54) is 19.3 Å². The summed E-state index contributed by atoms with van der Waals surface area (Å²) in [5, 5.41) is 19.0. The van der Waals surface area contributed by atoms with Crippen LogP contribution in [0.3, 0.4) is 0 Å². The minimum absolute atomic E-state index is 0.291. The quantitative estimate of drug-likeness (QED) is 0.878. The molecule has 5 nitrogen and oxygen atoms in total. The molecule has 1 aromatic heterocycles. The summed E-state index contributed by atoms with van der Waals surface area (Å²) in [5.74, 6) is 0. The normalized spacial score (nSPS) is 30.0. The second-order valence-corrected chi connectivity index (χ2v) is 6.01. The fraction of sp³-hybridized carbons (Fsp3) is 0.846. The Balaban J connectivity index is 1.74. The van der Waals surface area contributed by atoms with Crippen molar-refractivity contribution in [2.24, 2.45) is 0 Å². The number of hydrogen-bond donors (Lipinski definition) is 1. The maximum Gasteiger partial charge on any atom is 0.124 e. The van der Waals surface area contributed by atoms with Gasteiger partial charge in [0.15, 0.2) is 0 Å². The fourth-order valence-corrected chi connectivity index (χ4v) is 2.84. The van der Waals surface area contributed by atoms with Crippen LogP contribution in [-0.4, -0.2) is 44.1 Å². The van der Waals surface area contributed by atoms with E-state index in [-0.39, 0.29) is 0 Å². The minimum Gasteiger partial charge on any atom is -0.382 e. The Labute approximate surface area is 108 Å². The number of hydrogen-bond acceptors (Lipinski definition) is 4. The van der Waals surface area contributed by atoms with Gasteiger partial charge in [-0.3, -0.25) is 4.90 Å². The number of aromatic nitrogens is 3. The maximum absolute atomic E-state index is 10.7. The smallest absolute Gasteiger partial charge is 0.124 e. The van der Waals surface area contributed by atoms with Crippen molar-refractivity contribution in [3.8, 4) is 0 Å². The van der Waals surface area contributed by atoms with Gasteiger partial charge in [-0.1, -0.05) is 11.6 Å². The summed E-state index contributed by atoms with van der Waals surface area (Å²) in [6, 6.07) is 0.984. The van der Waals surface area contributed by atoms with Gasteiger partial charge in [-0.05, 0) is 33.1 Å². The van der Waals surface area contributed by atoms with Gasteiger partial charge in [-0.15, -0.1) is 5.10 Å². The standard InChI is InChI=1S/C13H22N4O/c1-10(2)17-8-12(14-15-17)13(18)6-7-16(9-13)11-4-3-5-11/h8,10-11,18H,3-7,9H2,1-2H3. The molecule has 18 heavy (non-hydrogen) atoms. The van der Waals surface area contributed by atoms with Gasteiger partial charge in [0.2, 0.25) is 0 Å². The molecule has 2 fully saturated rings. The van der Waals surface area contributed by atoms with Crippen molar-refractivity contribution in [2.75, 3.05) is 13.1 Å². The fourth-order valence-electron chi connectivity index (χ4n) is 2.84. The Morgan fingerprint density at radius 2 is 2.22 bits per heavy atom. The van der Waals surface area contributed by atoms with Crippen molar-refractivity contribution in [1.29, 1.82) is 0 Å². The summed E-state index contributed by atoms with van der Waals surface area (Å²) in [4.78, 5) is 2.41. The van der Waals surface area contributed by atoms with E-state index in [4.69, 9.17) is 0 Å². The molecule has 100 valence electrons. The van der Waals surface area contributed by atoms with Gasteiger partial charge in [0, 0.05) is 25.2 Å². The molecule has 1 aliphatic carbocycles. The van der Waals surface area contributed by atoms with E-state index in [0.717, 1.165) is 18.7 Å². The predicted octanol–water partition coefficient (Wildman–Crippen LogP) is 1.30. The van der Waals surface area contributed by atoms with Gasteiger partial charge in [0.25, 0.3) is 0 Å². The molecular weight excluding hydrogens is 228 g/mol. The Hall–Kier alpha value is -0.940. The van der Waals surface area contributed by atoms with Crippen LogP contribution in [0.15, 0.2) is 6.20 Å². The van der Waals surface area contributed by atoms with Crippen molar-refractivity contribution >= 4 is 0 Å². The molecule has 1 saturated heterocycles. The van der Waals surface area contributed by atoms with Crippen LogP contribution in [0.4, 0.5) is 0 Å². The summed E-state index contributed by atoms with van der Waals surface area (Å²) < 4.78 is 1.82. The summed E-state index contributed by atoms with van der Waals surface area (Å²) in [5.41, 5.74) is -0.0547. The Kier molecular flexibility index (Phi) is 2.90. The average Bonchev–Trinajstić information content (AvgIpc) is 2.83. The van der Waals surface area contributed by atoms with Crippen LogP contribution in [0.25, 0.3) is 0 Å². The van der Waals surface area contributed by atoms with E-state index in [1.807, 2.05) is 10.9 Å². The zero-order valence-corrected chi connectivity index (χ0v) is 11.2. The first-order valence-corrected chi connectivity index (χ1v) is 6.97. The van der Waals surface area contributed by atoms with Gasteiger partial charge in [-0.25, -0.2) is 4.68 Å². The highest BCUT2D eigenvalue weighted by molar-refractivity contribution is 5.12. The Morgan fingerprint density at radius 1 is 1.44 bits per heavy atom. The van der Waals surface area contributed by atoms with Crippen LogP contribution >= 0.6 is 0 Å². The molecule has 2 heterocycles. The lowest BCUT2D eigenvalue weighted by Gasteiger charge is -2.35. The maximum atomic E-state index is 10.7. The first kappa shape index (κ1) is 12.1. The average molecular weight is 250 g/mol. The molecule has 1 atom stereocenters. The van der Waals surface area contributed by atoms with E-state index in [0.29, 0.717) is 18.6 Å².